The summed E-state index contributed by atoms with van der Waals surface area (Å²) < 4.78 is 16.8. The zero-order valence-corrected chi connectivity index (χ0v) is 25.1. The van der Waals surface area contributed by atoms with E-state index >= 15 is 4.39 Å². The first-order valence-electron chi connectivity index (χ1n) is 15.0. The molecule has 0 amide bonds. The molecule has 0 unspecified atom stereocenters. The van der Waals surface area contributed by atoms with E-state index in [-0.39, 0.29) is 17.7 Å². The van der Waals surface area contributed by atoms with Crippen molar-refractivity contribution in [3.63, 3.8) is 0 Å². The Kier molecular flexibility index (Phi) is 7.62. The molecule has 3 aliphatic rings. The van der Waals surface area contributed by atoms with E-state index in [4.69, 9.17) is 17.3 Å². The molecule has 7 rings (SSSR count). The minimum atomic E-state index is -0.270. The van der Waals surface area contributed by atoms with Crippen molar-refractivity contribution in [3.05, 3.63) is 64.4 Å². The van der Waals surface area contributed by atoms with Crippen molar-refractivity contribution in [1.82, 2.24) is 34.8 Å². The van der Waals surface area contributed by atoms with Crippen LogP contribution >= 0.6 is 11.6 Å². The summed E-state index contributed by atoms with van der Waals surface area (Å²) in [5, 5.41) is 17.3. The van der Waals surface area contributed by atoms with Gasteiger partial charge in [-0.25, -0.2) is 4.39 Å². The normalized spacial score (nSPS) is 18.3. The number of rotatable bonds is 5. The molecule has 224 valence electrons. The summed E-state index contributed by atoms with van der Waals surface area (Å²) in [4.78, 5) is 11.5. The van der Waals surface area contributed by atoms with Crippen LogP contribution in [0.25, 0.3) is 17.1 Å². The van der Waals surface area contributed by atoms with Crippen LogP contribution in [0.1, 0.15) is 30.4 Å². The molecule has 1 aliphatic carbocycles. The predicted molar refractivity (Wildman–Crippen MR) is 168 cm³/mol. The monoisotopic (exact) mass is 602 g/mol. The van der Waals surface area contributed by atoms with Crippen molar-refractivity contribution < 1.29 is 4.39 Å². The van der Waals surface area contributed by atoms with E-state index in [1.54, 1.807) is 0 Å². The third kappa shape index (κ3) is 5.76. The van der Waals surface area contributed by atoms with Gasteiger partial charge in [0.25, 0.3) is 0 Å². The second kappa shape index (κ2) is 11.7. The van der Waals surface area contributed by atoms with Gasteiger partial charge in [-0.2, -0.15) is 9.67 Å². The Bertz CT molecular complexity index is 1630. The van der Waals surface area contributed by atoms with Crippen LogP contribution in [0.3, 0.4) is 0 Å². The lowest BCUT2D eigenvalue weighted by Crippen LogP contribution is -2.52. The molecule has 4 aromatic rings. The zero-order valence-electron chi connectivity index (χ0n) is 24.3. The Labute approximate surface area is 255 Å². The summed E-state index contributed by atoms with van der Waals surface area (Å²) in [6, 6.07) is 13.6. The van der Waals surface area contributed by atoms with Gasteiger partial charge in [-0.05, 0) is 86.7 Å². The van der Waals surface area contributed by atoms with Crippen molar-refractivity contribution >= 4 is 34.9 Å². The van der Waals surface area contributed by atoms with Crippen LogP contribution in [-0.4, -0.2) is 87.1 Å². The first-order chi connectivity index (χ1) is 20.9. The summed E-state index contributed by atoms with van der Waals surface area (Å²) in [5.41, 5.74) is 11.6. The minimum absolute atomic E-state index is 0.165. The fourth-order valence-electron chi connectivity index (χ4n) is 6.58. The van der Waals surface area contributed by atoms with Gasteiger partial charge in [0.2, 0.25) is 11.9 Å². The van der Waals surface area contributed by atoms with Crippen molar-refractivity contribution in [2.75, 3.05) is 62.3 Å². The third-order valence-corrected chi connectivity index (χ3v) is 9.22. The second-order valence-corrected chi connectivity index (χ2v) is 12.2. The Morgan fingerprint density at radius 3 is 2.51 bits per heavy atom. The van der Waals surface area contributed by atoms with Gasteiger partial charge in [0.05, 0.1) is 11.4 Å². The molecular weight excluding hydrogens is 567 g/mol. The number of nitrogens with one attached hydrogen (secondary N) is 1. The van der Waals surface area contributed by atoms with Crippen LogP contribution in [0.2, 0.25) is 5.02 Å². The SMILES string of the molecule is CN1CCN(C2CCN(c3ccc(Nc4nc(N)n(-c5cc6c(nn5)-c5ccc(Cl)cc5CCC6)n4)cc3F)CC2)CC1. The maximum absolute atomic E-state index is 15.3. The molecule has 2 aliphatic heterocycles. The predicted octanol–water partition coefficient (Wildman–Crippen LogP) is 4.55. The van der Waals surface area contributed by atoms with Gasteiger partial charge < -0.3 is 20.9 Å². The standard InChI is InChI=1S/C31H36ClFN10/c1-40-13-15-41(16-14-40)24-9-11-42(12-10-24)27-8-6-23(19-26(27)33)35-31-36-30(34)43(39-31)28-18-21-4-2-3-20-17-22(32)5-7-25(20)29(21)38-37-28/h5-8,17-19,24H,2-4,9-16H2,1H3,(H3,34,35,36,39). The fourth-order valence-corrected chi connectivity index (χ4v) is 6.78. The number of nitrogens with two attached hydrogens (primary N) is 1. The Morgan fingerprint density at radius 2 is 1.72 bits per heavy atom. The lowest BCUT2D eigenvalue weighted by Gasteiger charge is -2.42. The molecule has 0 radical (unpaired) electrons. The van der Waals surface area contributed by atoms with E-state index in [0.29, 0.717) is 23.2 Å². The molecule has 0 spiro atoms. The molecule has 12 heteroatoms. The van der Waals surface area contributed by atoms with Crippen molar-refractivity contribution in [2.24, 2.45) is 0 Å². The molecule has 2 aromatic carbocycles. The van der Waals surface area contributed by atoms with E-state index in [9.17, 15) is 0 Å². The molecule has 0 atom stereocenters. The summed E-state index contributed by atoms with van der Waals surface area (Å²) in [7, 11) is 2.18. The molecule has 2 aromatic heterocycles. The van der Waals surface area contributed by atoms with Crippen LogP contribution in [-0.2, 0) is 12.8 Å². The Hall–Kier alpha value is -3.80. The summed E-state index contributed by atoms with van der Waals surface area (Å²) in [6.45, 7) is 6.18. The average Bonchev–Trinajstić information content (AvgIpc) is 3.27. The highest BCUT2D eigenvalue weighted by Crippen LogP contribution is 2.33. The van der Waals surface area contributed by atoms with Crippen LogP contribution < -0.4 is 16.0 Å². The molecule has 10 nitrogen and oxygen atoms in total. The highest BCUT2D eigenvalue weighted by molar-refractivity contribution is 6.30. The quantitative estimate of drug-likeness (QED) is 0.340. The summed E-state index contributed by atoms with van der Waals surface area (Å²) in [5.74, 6) is 0.636. The van der Waals surface area contributed by atoms with Gasteiger partial charge in [0, 0.05) is 61.6 Å². The van der Waals surface area contributed by atoms with E-state index in [0.717, 1.165) is 93.2 Å². The topological polar surface area (TPSA) is 104 Å². The van der Waals surface area contributed by atoms with Crippen LogP contribution in [0.5, 0.6) is 0 Å². The molecule has 3 N–H and O–H groups in total. The van der Waals surface area contributed by atoms with Gasteiger partial charge in [-0.15, -0.1) is 15.3 Å². The highest BCUT2D eigenvalue weighted by atomic mass is 35.5. The number of likely N-dealkylation sites (N-methyl/N-ethyl adjacent to an activating group) is 1. The van der Waals surface area contributed by atoms with Gasteiger partial charge in [0.15, 0.2) is 5.82 Å². The number of piperazine rings is 1. The van der Waals surface area contributed by atoms with E-state index in [1.807, 2.05) is 36.4 Å². The van der Waals surface area contributed by atoms with E-state index in [2.05, 4.69) is 47.3 Å². The molecule has 2 saturated heterocycles. The first kappa shape index (κ1) is 28.0. The maximum Gasteiger partial charge on any atom is 0.248 e. The summed E-state index contributed by atoms with van der Waals surface area (Å²) >= 11 is 6.22. The Morgan fingerprint density at radius 1 is 0.930 bits per heavy atom. The van der Waals surface area contributed by atoms with Gasteiger partial charge >= 0.3 is 0 Å². The smallest absolute Gasteiger partial charge is 0.248 e. The fraction of sp³-hybridized carbons (Fsp3) is 0.419. The minimum Gasteiger partial charge on any atom is -0.369 e. The number of hydrogen-bond acceptors (Lipinski definition) is 9. The number of anilines is 4. The highest BCUT2D eigenvalue weighted by Gasteiger charge is 2.28. The number of aryl methyl sites for hydroxylation is 2. The van der Waals surface area contributed by atoms with Gasteiger partial charge in [-0.3, -0.25) is 4.90 Å². The largest absolute Gasteiger partial charge is 0.369 e. The molecule has 43 heavy (non-hydrogen) atoms. The number of hydrogen-bond donors (Lipinski definition) is 2. The van der Waals surface area contributed by atoms with Crippen molar-refractivity contribution in [3.8, 4) is 17.1 Å². The van der Waals surface area contributed by atoms with Crippen LogP contribution in [0, 0.1) is 5.82 Å². The zero-order chi connectivity index (χ0) is 29.5. The molecule has 0 saturated carbocycles. The second-order valence-electron chi connectivity index (χ2n) is 11.8. The maximum atomic E-state index is 15.3. The first-order valence-corrected chi connectivity index (χ1v) is 15.4. The van der Waals surface area contributed by atoms with Gasteiger partial charge in [-0.1, -0.05) is 17.7 Å². The van der Waals surface area contributed by atoms with Crippen LogP contribution in [0.15, 0.2) is 42.5 Å². The third-order valence-electron chi connectivity index (χ3n) is 8.99. The number of aromatic nitrogens is 5. The molecular formula is C31H36ClFN10. The molecule has 4 heterocycles. The number of nitrogen functional groups attached to an aromatic ring is 1. The number of halogens is 2. The summed E-state index contributed by atoms with van der Waals surface area (Å²) in [6.07, 6.45) is 4.85. The number of benzene rings is 2. The molecule has 0 bridgehead atoms. The Balaban J connectivity index is 1.03. The average molecular weight is 603 g/mol. The number of piperidine rings is 1. The van der Waals surface area contributed by atoms with Gasteiger partial charge in [0.1, 0.15) is 5.82 Å². The lowest BCUT2D eigenvalue weighted by atomic mass is 10.0. The van der Waals surface area contributed by atoms with Crippen molar-refractivity contribution in [2.45, 2.75) is 38.1 Å². The lowest BCUT2D eigenvalue weighted by molar-refractivity contribution is 0.0981. The number of fused-ring (bicyclic) bond motifs is 3. The molecule has 2 fully saturated rings. The van der Waals surface area contributed by atoms with E-state index < -0.39 is 0 Å². The number of nitrogens with zero attached hydrogens (tertiary/aromatic N) is 8. The van der Waals surface area contributed by atoms with Crippen LogP contribution in [0.4, 0.5) is 27.7 Å². The van der Waals surface area contributed by atoms with Crippen molar-refractivity contribution in [1.29, 1.82) is 0 Å². The van der Waals surface area contributed by atoms with E-state index in [1.165, 1.54) is 16.3 Å².